The quantitative estimate of drug-likeness (QED) is 0.0235. The third-order valence-corrected chi connectivity index (χ3v) is 10.8. The Kier molecular flexibility index (Phi) is 24.6. The monoisotopic (exact) mass is 956 g/mol. The first kappa shape index (κ1) is 57.1. The summed E-state index contributed by atoms with van der Waals surface area (Å²) < 4.78 is 0. The van der Waals surface area contributed by atoms with Crippen molar-refractivity contribution in [3.05, 3.63) is 0 Å². The van der Waals surface area contributed by atoms with E-state index in [0.717, 1.165) is 0 Å². The lowest BCUT2D eigenvalue weighted by Crippen LogP contribution is -2.58. The van der Waals surface area contributed by atoms with E-state index < -0.39 is 146 Å². The summed E-state index contributed by atoms with van der Waals surface area (Å²) in [6, 6.07) is -8.18. The van der Waals surface area contributed by atoms with E-state index in [0.29, 0.717) is 32.2 Å². The van der Waals surface area contributed by atoms with Gasteiger partial charge in [-0.2, -0.15) is 0 Å². The molecule has 27 heteroatoms. The minimum Gasteiger partial charge on any atom is -0.480 e. The highest BCUT2D eigenvalue weighted by Gasteiger charge is 2.37. The van der Waals surface area contributed by atoms with Crippen LogP contribution in [0.15, 0.2) is 0 Å². The van der Waals surface area contributed by atoms with Crippen molar-refractivity contribution in [2.75, 3.05) is 39.3 Å². The number of likely N-dealkylation sites (tertiary alicyclic amines) is 1. The zero-order valence-corrected chi connectivity index (χ0v) is 38.1. The molecule has 2 fully saturated rings. The van der Waals surface area contributed by atoms with Gasteiger partial charge < -0.3 is 80.0 Å². The highest BCUT2D eigenvalue weighted by atomic mass is 16.4. The number of nitrogens with one attached hydrogen (secondary N) is 9. The molecule has 67 heavy (non-hydrogen) atoms. The molecule has 2 saturated heterocycles. The average molecular weight is 956 g/mol. The highest BCUT2D eigenvalue weighted by Crippen LogP contribution is 2.18. The number of rotatable bonds is 30. The number of carbonyl (C=O) groups is 11. The van der Waals surface area contributed by atoms with Crippen molar-refractivity contribution in [2.45, 2.75) is 140 Å². The molecule has 378 valence electrons. The van der Waals surface area contributed by atoms with Gasteiger partial charge in [-0.15, -0.1) is 0 Å². The maximum atomic E-state index is 13.3. The molecule has 0 spiro atoms. The zero-order chi connectivity index (χ0) is 50.4. The van der Waals surface area contributed by atoms with Crippen LogP contribution in [0.25, 0.3) is 0 Å². The lowest BCUT2D eigenvalue weighted by molar-refractivity contribution is -0.144. The van der Waals surface area contributed by atoms with E-state index in [-0.39, 0.29) is 51.1 Å². The number of aliphatic hydroxyl groups is 2. The molecule has 2 aliphatic rings. The SMILES string of the molecule is CC(C)C[C@H](NC(=O)CNC(=O)[C@H](CC(N)=O)NC(=O)[C@H](CCC(N)=O)NC(=O)CNC(=O)[C@@H]1C[C@@H](O)CN1)C(O)N[C@@H](C)C(=O)NCC(=O)N1CCC[C@H]1C(=O)N[C@@H](CCCCN)C(=O)O. The first-order valence-electron chi connectivity index (χ1n) is 22.2. The normalized spacial score (nSPS) is 19.4. The van der Waals surface area contributed by atoms with Gasteiger partial charge in [-0.25, -0.2) is 4.79 Å². The molecule has 27 nitrogen and oxygen atoms in total. The van der Waals surface area contributed by atoms with Crippen molar-refractivity contribution in [1.82, 2.24) is 52.8 Å². The second-order valence-electron chi connectivity index (χ2n) is 16.9. The number of carbonyl (C=O) groups excluding carboxylic acids is 10. The van der Waals surface area contributed by atoms with Crippen LogP contribution in [-0.2, 0) is 52.7 Å². The van der Waals surface area contributed by atoms with Crippen molar-refractivity contribution >= 4 is 65.0 Å². The zero-order valence-electron chi connectivity index (χ0n) is 38.1. The van der Waals surface area contributed by atoms with E-state index in [1.807, 2.05) is 0 Å². The maximum Gasteiger partial charge on any atom is 0.326 e. The average Bonchev–Trinajstić information content (AvgIpc) is 3.93. The molecular weight excluding hydrogens is 887 g/mol. The molecule has 0 aromatic rings. The predicted octanol–water partition coefficient (Wildman–Crippen LogP) is -7.31. The molecule has 2 heterocycles. The molecule has 0 aromatic carbocycles. The second-order valence-corrected chi connectivity index (χ2v) is 16.9. The Labute approximate surface area is 387 Å². The molecule has 2 aliphatic heterocycles. The predicted molar refractivity (Wildman–Crippen MR) is 235 cm³/mol. The van der Waals surface area contributed by atoms with E-state index in [1.165, 1.54) is 11.8 Å². The van der Waals surface area contributed by atoms with E-state index in [1.54, 1.807) is 13.8 Å². The van der Waals surface area contributed by atoms with Crippen LogP contribution in [-0.4, -0.2) is 179 Å². The smallest absolute Gasteiger partial charge is 0.326 e. The van der Waals surface area contributed by atoms with Crippen molar-refractivity contribution in [3.8, 4) is 0 Å². The Morgan fingerprint density at radius 2 is 1.40 bits per heavy atom. The molecule has 9 atom stereocenters. The van der Waals surface area contributed by atoms with E-state index in [2.05, 4.69) is 47.9 Å². The lowest BCUT2D eigenvalue weighted by Gasteiger charge is -2.29. The molecule has 0 radical (unpaired) electrons. The van der Waals surface area contributed by atoms with Crippen LogP contribution >= 0.6 is 0 Å². The molecule has 10 amide bonds. The van der Waals surface area contributed by atoms with Gasteiger partial charge in [-0.3, -0.25) is 53.3 Å². The van der Waals surface area contributed by atoms with Crippen LogP contribution < -0.4 is 65.1 Å². The van der Waals surface area contributed by atoms with Crippen molar-refractivity contribution in [1.29, 1.82) is 0 Å². The number of aliphatic carboxylic acids is 1. The molecule has 0 aliphatic carbocycles. The number of aliphatic hydroxyl groups excluding tert-OH is 2. The molecule has 0 aromatic heterocycles. The minimum atomic E-state index is -1.68. The summed E-state index contributed by atoms with van der Waals surface area (Å²) in [5.41, 5.74) is 16.0. The van der Waals surface area contributed by atoms with Gasteiger partial charge in [0, 0.05) is 19.5 Å². The summed E-state index contributed by atoms with van der Waals surface area (Å²) in [6.45, 7) is 3.87. The topological polar surface area (TPSA) is 438 Å². The molecule has 0 saturated carbocycles. The van der Waals surface area contributed by atoms with Gasteiger partial charge >= 0.3 is 5.97 Å². The molecule has 1 unspecified atom stereocenters. The fourth-order valence-electron chi connectivity index (χ4n) is 7.24. The van der Waals surface area contributed by atoms with Gasteiger partial charge in [-0.1, -0.05) is 13.8 Å². The van der Waals surface area contributed by atoms with E-state index in [4.69, 9.17) is 17.2 Å². The maximum absolute atomic E-state index is 13.3. The number of nitrogens with two attached hydrogens (primary N) is 3. The highest BCUT2D eigenvalue weighted by molar-refractivity contribution is 5.97. The molecule has 18 N–H and O–H groups in total. The van der Waals surface area contributed by atoms with Gasteiger partial charge in [0.25, 0.3) is 0 Å². The van der Waals surface area contributed by atoms with Gasteiger partial charge in [0.2, 0.25) is 59.1 Å². The lowest BCUT2D eigenvalue weighted by atomic mass is 10.0. The fourth-order valence-corrected chi connectivity index (χ4v) is 7.24. The van der Waals surface area contributed by atoms with Gasteiger partial charge in [-0.05, 0) is 70.8 Å². The number of primary amides is 2. The first-order valence-corrected chi connectivity index (χ1v) is 22.2. The van der Waals surface area contributed by atoms with Gasteiger partial charge in [0.05, 0.1) is 50.3 Å². The number of unbranched alkanes of at least 4 members (excludes halogenated alkanes) is 1. The Balaban J connectivity index is 1.98. The summed E-state index contributed by atoms with van der Waals surface area (Å²) in [5.74, 6) is -9.50. The van der Waals surface area contributed by atoms with Crippen molar-refractivity contribution < 1.29 is 68.1 Å². The van der Waals surface area contributed by atoms with Crippen LogP contribution in [0, 0.1) is 5.92 Å². The summed E-state index contributed by atoms with van der Waals surface area (Å²) >= 11 is 0. The summed E-state index contributed by atoms with van der Waals surface area (Å²) in [6.07, 6.45) is -1.51. The fraction of sp³-hybridized carbons (Fsp3) is 0.725. The first-order chi connectivity index (χ1) is 31.5. The molecule has 2 rings (SSSR count). The minimum absolute atomic E-state index is 0.117. The largest absolute Gasteiger partial charge is 0.480 e. The Morgan fingerprint density at radius 3 is 2.00 bits per heavy atom. The molecular formula is C40H69N13O14. The second kappa shape index (κ2) is 28.9. The Hall–Kier alpha value is -6.03. The van der Waals surface area contributed by atoms with Gasteiger partial charge in [0.1, 0.15) is 30.4 Å². The van der Waals surface area contributed by atoms with Crippen LogP contribution in [0.4, 0.5) is 0 Å². The van der Waals surface area contributed by atoms with Crippen LogP contribution in [0.3, 0.4) is 0 Å². The summed E-state index contributed by atoms with van der Waals surface area (Å²) in [5, 5.41) is 52.4. The third kappa shape index (κ3) is 21.0. The molecule has 0 bridgehead atoms. The van der Waals surface area contributed by atoms with Crippen molar-refractivity contribution in [2.24, 2.45) is 23.1 Å². The number of carboxylic acid groups (broad SMARTS) is 1. The number of hydrogen-bond donors (Lipinski definition) is 15. The van der Waals surface area contributed by atoms with Crippen LogP contribution in [0.2, 0.25) is 0 Å². The van der Waals surface area contributed by atoms with Crippen LogP contribution in [0.1, 0.15) is 85.0 Å². The van der Waals surface area contributed by atoms with E-state index >= 15 is 0 Å². The van der Waals surface area contributed by atoms with E-state index in [9.17, 15) is 68.1 Å². The Bertz CT molecular complexity index is 1770. The number of β-amino-alcohol motifs (C(OH)–C–C–N with tert-alkyl or cyclic N) is 1. The summed E-state index contributed by atoms with van der Waals surface area (Å²) in [4.78, 5) is 140. The summed E-state index contributed by atoms with van der Waals surface area (Å²) in [7, 11) is 0. The third-order valence-electron chi connectivity index (χ3n) is 10.8. The van der Waals surface area contributed by atoms with Crippen LogP contribution in [0.5, 0.6) is 0 Å². The number of nitrogens with zero attached hydrogens (tertiary/aromatic N) is 1. The Morgan fingerprint density at radius 1 is 0.746 bits per heavy atom. The number of hydrogen-bond acceptors (Lipinski definition) is 16. The standard InChI is InChI=1S/C40H69N13O14/c1-20(2)13-26(38(64)48-21(3)34(60)47-19-33(59)53-12-6-8-28(53)39(65)51-24(40(66)67)7-4-5-11-41)50-32(58)18-46-36(62)27(15-30(43)56)52-37(63)23(9-10-29(42)55)49-31(57)17-45-35(61)25-14-22(54)16-44-25/h20-28,38,44,48,54,64H,4-19,41H2,1-3H3,(H2,42,55)(H2,43,56)(H,45,61)(H,46,62)(H,47,60)(H,49,57)(H,50,58)(H,51,65)(H,52,63)(H,66,67)/t21-,22+,23-,24-,25-,26-,27-,28-,38?/m0/s1. The van der Waals surface area contributed by atoms with Crippen molar-refractivity contribution in [3.63, 3.8) is 0 Å². The van der Waals surface area contributed by atoms with Gasteiger partial charge in [0.15, 0.2) is 0 Å². The number of carboxylic acids is 1. The number of amides is 10.